The highest BCUT2D eigenvalue weighted by atomic mass is 31.2. The summed E-state index contributed by atoms with van der Waals surface area (Å²) in [5, 5.41) is 20.5. The summed E-state index contributed by atoms with van der Waals surface area (Å²) in [4.78, 5) is 58.3. The van der Waals surface area contributed by atoms with Crippen LogP contribution in [0.3, 0.4) is 0 Å². The van der Waals surface area contributed by atoms with E-state index in [2.05, 4.69) is 167 Å². The van der Waals surface area contributed by atoms with E-state index in [4.69, 9.17) is 32.3 Å². The second kappa shape index (κ2) is 63.6. The number of aliphatic hydroxyl groups excluding tert-OH is 2. The van der Waals surface area contributed by atoms with Crippen molar-refractivity contribution >= 4 is 33.6 Å². The molecular weight excluding hydrogens is 1170 g/mol. The Kier molecular flexibility index (Phi) is 60.3. The molecule has 0 saturated carbocycles. The fraction of sp³-hybridized carbons (Fsp3) is 0.620. The van der Waals surface area contributed by atoms with Crippen molar-refractivity contribution in [2.24, 2.45) is 0 Å². The number of phosphoric acid groups is 2. The summed E-state index contributed by atoms with van der Waals surface area (Å²) in [6.45, 7) is 2.25. The summed E-state index contributed by atoms with van der Waals surface area (Å²) in [5.41, 5.74) is 0. The average Bonchev–Trinajstić information content (AvgIpc) is 3.55. The number of rotatable bonds is 61. The van der Waals surface area contributed by atoms with Crippen molar-refractivity contribution in [3.8, 4) is 0 Å². The Morgan fingerprint density at radius 1 is 0.326 bits per heavy atom. The molecule has 16 nitrogen and oxygen atoms in total. The van der Waals surface area contributed by atoms with E-state index in [1.807, 2.05) is 0 Å². The molecule has 0 aliphatic rings. The smallest absolute Gasteiger partial charge is 0.463 e. The number of allylic oxidation sites excluding steroid dienone is 24. The van der Waals surface area contributed by atoms with Crippen molar-refractivity contribution in [2.75, 3.05) is 39.6 Å². The molecule has 0 aliphatic heterocycles. The molecule has 0 rings (SSSR count). The van der Waals surface area contributed by atoms with Crippen LogP contribution in [0.5, 0.6) is 0 Å². The van der Waals surface area contributed by atoms with Crippen LogP contribution in [0.15, 0.2) is 146 Å². The SMILES string of the molecule is CC/C=C\C/C=C\C/C=C\C/C=C\C/C=C\C/C=C\CCCCC(=O)OCC(O)COP(=O)(O)OCC(O)COP(=O)(O)OCC(COC(=O)CCCCCCCC/C=C\C/C=C\C/C=C\C/C=C\CC)OC(=O)CCCCCCC/C=C\C/C=C\CCC. The third-order valence-corrected chi connectivity index (χ3v) is 14.9. The minimum Gasteiger partial charge on any atom is -0.463 e. The van der Waals surface area contributed by atoms with Crippen molar-refractivity contribution in [1.29, 1.82) is 0 Å². The normalized spacial score (nSPS) is 15.2. The highest BCUT2D eigenvalue weighted by molar-refractivity contribution is 7.47. The van der Waals surface area contributed by atoms with Gasteiger partial charge in [-0.05, 0) is 135 Å². The van der Waals surface area contributed by atoms with Gasteiger partial charge < -0.3 is 34.2 Å². The highest BCUT2D eigenvalue weighted by Gasteiger charge is 2.29. The molecule has 0 aliphatic carbocycles. The largest absolute Gasteiger partial charge is 0.472 e. The van der Waals surface area contributed by atoms with Gasteiger partial charge in [0.15, 0.2) is 6.10 Å². The summed E-state index contributed by atoms with van der Waals surface area (Å²) < 4.78 is 60.7. The van der Waals surface area contributed by atoms with Gasteiger partial charge in [-0.1, -0.05) is 218 Å². The zero-order chi connectivity index (χ0) is 65.3. The number of hydrogen-bond donors (Lipinski definition) is 4. The maximum absolute atomic E-state index is 12.9. The second-order valence-corrected chi connectivity index (χ2v) is 24.4. The number of aliphatic hydroxyl groups is 2. The molecule has 0 aromatic carbocycles. The summed E-state index contributed by atoms with van der Waals surface area (Å²) >= 11 is 0. The number of esters is 3. The molecule has 0 amide bonds. The number of carbonyl (C=O) groups excluding carboxylic acids is 3. The summed E-state index contributed by atoms with van der Waals surface area (Å²) in [6.07, 6.45) is 74.8. The highest BCUT2D eigenvalue weighted by Crippen LogP contribution is 2.45. The summed E-state index contributed by atoms with van der Waals surface area (Å²) in [6, 6.07) is 0. The van der Waals surface area contributed by atoms with Crippen molar-refractivity contribution in [1.82, 2.24) is 0 Å². The van der Waals surface area contributed by atoms with E-state index in [1.165, 1.54) is 0 Å². The summed E-state index contributed by atoms with van der Waals surface area (Å²) in [5.74, 6) is -1.66. The molecule has 5 atom stereocenters. The predicted molar refractivity (Wildman–Crippen MR) is 362 cm³/mol. The van der Waals surface area contributed by atoms with Gasteiger partial charge in [-0.25, -0.2) is 9.13 Å². The van der Waals surface area contributed by atoms with E-state index in [9.17, 15) is 43.5 Å². The Hall–Kier alpha value is -4.57. The second-order valence-electron chi connectivity index (χ2n) is 21.5. The Morgan fingerprint density at radius 2 is 0.596 bits per heavy atom. The van der Waals surface area contributed by atoms with Gasteiger partial charge in [0.2, 0.25) is 0 Å². The predicted octanol–water partition coefficient (Wildman–Crippen LogP) is 18.2. The van der Waals surface area contributed by atoms with E-state index >= 15 is 0 Å². The van der Waals surface area contributed by atoms with Gasteiger partial charge in [0, 0.05) is 19.3 Å². The lowest BCUT2D eigenvalue weighted by Crippen LogP contribution is -2.30. The molecule has 0 fully saturated rings. The quantitative estimate of drug-likeness (QED) is 0.0146. The Balaban J connectivity index is 4.71. The lowest BCUT2D eigenvalue weighted by atomic mass is 10.1. The number of unbranched alkanes of at least 4 members (excludes halogenated alkanes) is 14. The molecule has 0 heterocycles. The average molecular weight is 1290 g/mol. The number of ether oxygens (including phenoxy) is 3. The molecular formula is C71H116O16P2. The maximum Gasteiger partial charge on any atom is 0.472 e. The minimum atomic E-state index is -4.94. The number of carbonyl (C=O) groups is 3. The lowest BCUT2D eigenvalue weighted by molar-refractivity contribution is -0.161. The van der Waals surface area contributed by atoms with Gasteiger partial charge in [0.05, 0.1) is 26.4 Å². The lowest BCUT2D eigenvalue weighted by Gasteiger charge is -2.21. The zero-order valence-corrected chi connectivity index (χ0v) is 56.3. The van der Waals surface area contributed by atoms with Gasteiger partial charge in [0.1, 0.15) is 25.4 Å². The van der Waals surface area contributed by atoms with Gasteiger partial charge in [0.25, 0.3) is 0 Å². The van der Waals surface area contributed by atoms with Gasteiger partial charge in [-0.2, -0.15) is 0 Å². The molecule has 0 aromatic heterocycles. The van der Waals surface area contributed by atoms with E-state index in [0.29, 0.717) is 19.3 Å². The molecule has 506 valence electrons. The zero-order valence-electron chi connectivity index (χ0n) is 54.5. The molecule has 0 bridgehead atoms. The van der Waals surface area contributed by atoms with E-state index in [1.54, 1.807) is 0 Å². The van der Waals surface area contributed by atoms with Crippen LogP contribution < -0.4 is 0 Å². The van der Waals surface area contributed by atoms with Crippen molar-refractivity contribution < 1.29 is 75.8 Å². The molecule has 5 unspecified atom stereocenters. The third-order valence-electron chi connectivity index (χ3n) is 13.0. The Morgan fingerprint density at radius 3 is 0.966 bits per heavy atom. The van der Waals surface area contributed by atoms with E-state index in [-0.39, 0.29) is 19.3 Å². The van der Waals surface area contributed by atoms with Crippen LogP contribution >= 0.6 is 15.6 Å². The van der Waals surface area contributed by atoms with Gasteiger partial charge in [-0.3, -0.25) is 32.5 Å². The van der Waals surface area contributed by atoms with Crippen LogP contribution in [0.4, 0.5) is 0 Å². The van der Waals surface area contributed by atoms with Gasteiger partial charge >= 0.3 is 33.6 Å². The Bertz CT molecular complexity index is 2210. The van der Waals surface area contributed by atoms with Crippen LogP contribution in [0, 0.1) is 0 Å². The minimum absolute atomic E-state index is 0.0789. The van der Waals surface area contributed by atoms with E-state index < -0.39 is 91.5 Å². The Labute approximate surface area is 537 Å². The van der Waals surface area contributed by atoms with Gasteiger partial charge in [-0.15, -0.1) is 0 Å². The molecule has 4 N–H and O–H groups in total. The summed E-state index contributed by atoms with van der Waals surface area (Å²) in [7, 11) is -9.80. The van der Waals surface area contributed by atoms with E-state index in [0.717, 1.165) is 167 Å². The van der Waals surface area contributed by atoms with Crippen LogP contribution in [-0.4, -0.2) is 95.9 Å². The standard InChI is InChI=1S/C71H116O16P2/c1-4-7-10-13-16-19-22-25-27-29-31-32-34-36-37-40-42-45-48-51-54-57-69(74)81-60-66(72)61-83-88(77,78)84-62-67(73)63-85-89(79,80)86-65-68(87-71(76)59-56-53-50-47-44-39-24-21-18-15-12-9-6-3)64-82-70(75)58-55-52-49-46-43-41-38-35-33-30-28-26-23-20-17-14-11-8-5-2/h7-8,10-12,15-17,19-21,24-28,31-33,35-37,42,45,66-68,72-73H,4-6,9,13-14,18,22-23,29-30,34,38-41,43-44,46-65H2,1-3H3,(H,77,78)(H,79,80)/b10-7-,11-8-,15-12-,19-16-,20-17-,24-21-,27-25-,28-26-,32-31-,35-33-,37-36-,45-42-. The first-order valence-corrected chi connectivity index (χ1v) is 36.1. The van der Waals surface area contributed by atoms with Crippen LogP contribution in [0.25, 0.3) is 0 Å². The van der Waals surface area contributed by atoms with Crippen molar-refractivity contribution in [2.45, 2.75) is 245 Å². The van der Waals surface area contributed by atoms with Crippen LogP contribution in [0.1, 0.15) is 226 Å². The third kappa shape index (κ3) is 64.8. The molecule has 18 heteroatoms. The topological polar surface area (TPSA) is 231 Å². The van der Waals surface area contributed by atoms with Crippen LogP contribution in [0.2, 0.25) is 0 Å². The fourth-order valence-corrected chi connectivity index (χ4v) is 9.60. The van der Waals surface area contributed by atoms with Crippen molar-refractivity contribution in [3.05, 3.63) is 146 Å². The maximum atomic E-state index is 12.9. The molecule has 0 aromatic rings. The molecule has 0 saturated heterocycles. The fourth-order valence-electron chi connectivity index (χ4n) is 8.01. The first-order valence-electron chi connectivity index (χ1n) is 33.1. The monoisotopic (exact) mass is 1290 g/mol. The van der Waals surface area contributed by atoms with Crippen LogP contribution in [-0.2, 0) is 55.8 Å². The number of hydrogen-bond acceptors (Lipinski definition) is 14. The first-order chi connectivity index (χ1) is 43.2. The molecule has 0 radical (unpaired) electrons. The van der Waals surface area contributed by atoms with Crippen molar-refractivity contribution in [3.63, 3.8) is 0 Å². The number of phosphoric ester groups is 2. The first kappa shape index (κ1) is 84.4. The molecule has 89 heavy (non-hydrogen) atoms. The molecule has 0 spiro atoms.